The molecule has 134 valence electrons. The van der Waals surface area contributed by atoms with Gasteiger partial charge in [0.2, 0.25) is 0 Å². The maximum Gasteiger partial charge on any atom is 0.273 e. The number of fused-ring (bicyclic) bond motifs is 3. The van der Waals surface area contributed by atoms with Crippen LogP contribution in [-0.4, -0.2) is 12.0 Å². The van der Waals surface area contributed by atoms with Crippen LogP contribution in [-0.2, 0) is 0 Å². The average molecular weight is 391 g/mol. The third kappa shape index (κ3) is 2.72. The van der Waals surface area contributed by atoms with Gasteiger partial charge in [0.15, 0.2) is 0 Å². The molecular weight excluding hydrogens is 375 g/mol. The first-order valence-corrected chi connectivity index (χ1v) is 8.99. The summed E-state index contributed by atoms with van der Waals surface area (Å²) < 4.78 is 5.44. The zero-order valence-electron chi connectivity index (χ0n) is 13.9. The van der Waals surface area contributed by atoms with Gasteiger partial charge in [-0.25, -0.2) is 0 Å². The van der Waals surface area contributed by atoms with Crippen molar-refractivity contribution >= 4 is 34.6 Å². The lowest BCUT2D eigenvalue weighted by atomic mass is 9.76. The van der Waals surface area contributed by atoms with Gasteiger partial charge >= 0.3 is 0 Å². The molecule has 2 aromatic rings. The average Bonchev–Trinajstić information content (AvgIpc) is 3.12. The molecule has 5 nitrogen and oxygen atoms in total. The zero-order valence-corrected chi connectivity index (χ0v) is 15.4. The second kappa shape index (κ2) is 6.49. The first kappa shape index (κ1) is 17.2. The molecule has 1 aliphatic carbocycles. The Bertz CT molecular complexity index is 929. The number of methoxy groups -OCH3 is 1. The van der Waals surface area contributed by atoms with E-state index in [9.17, 15) is 10.1 Å². The van der Waals surface area contributed by atoms with Crippen LogP contribution in [0.2, 0.25) is 10.0 Å². The summed E-state index contributed by atoms with van der Waals surface area (Å²) >= 11 is 12.3. The molecule has 7 heteroatoms. The first-order chi connectivity index (χ1) is 12.5. The molecule has 1 heterocycles. The van der Waals surface area contributed by atoms with Gasteiger partial charge in [-0.2, -0.15) is 0 Å². The Kier molecular flexibility index (Phi) is 4.29. The summed E-state index contributed by atoms with van der Waals surface area (Å²) in [5, 5.41) is 15.8. The van der Waals surface area contributed by atoms with Gasteiger partial charge in [0.1, 0.15) is 5.75 Å². The number of nitrogens with zero attached hydrogens (tertiary/aromatic N) is 1. The summed E-state index contributed by atoms with van der Waals surface area (Å²) in [6.07, 6.45) is 5.13. The van der Waals surface area contributed by atoms with Crippen molar-refractivity contribution < 1.29 is 9.66 Å². The summed E-state index contributed by atoms with van der Waals surface area (Å²) in [4.78, 5) is 10.9. The molecule has 0 radical (unpaired) electrons. The van der Waals surface area contributed by atoms with Crippen molar-refractivity contribution in [3.63, 3.8) is 0 Å². The zero-order chi connectivity index (χ0) is 18.4. The highest BCUT2D eigenvalue weighted by Gasteiger charge is 2.40. The number of rotatable bonds is 3. The minimum absolute atomic E-state index is 0.00706. The van der Waals surface area contributed by atoms with Gasteiger partial charge in [0.25, 0.3) is 5.69 Å². The maximum atomic E-state index is 11.3. The molecule has 1 aliphatic heterocycles. The summed E-state index contributed by atoms with van der Waals surface area (Å²) in [5.74, 6) is 0.795. The molecule has 0 unspecified atom stereocenters. The van der Waals surface area contributed by atoms with Crippen molar-refractivity contribution in [1.29, 1.82) is 0 Å². The van der Waals surface area contributed by atoms with Crippen molar-refractivity contribution in [2.75, 3.05) is 12.4 Å². The monoisotopic (exact) mass is 390 g/mol. The van der Waals surface area contributed by atoms with E-state index in [-0.39, 0.29) is 28.5 Å². The second-order valence-electron chi connectivity index (χ2n) is 6.52. The van der Waals surface area contributed by atoms with Gasteiger partial charge in [-0.1, -0.05) is 41.4 Å². The Morgan fingerprint density at radius 2 is 2.04 bits per heavy atom. The molecule has 0 spiro atoms. The van der Waals surface area contributed by atoms with Crippen molar-refractivity contribution in [3.05, 3.63) is 73.8 Å². The van der Waals surface area contributed by atoms with Crippen LogP contribution in [0.5, 0.6) is 5.75 Å². The molecule has 0 aromatic heterocycles. The van der Waals surface area contributed by atoms with Gasteiger partial charge in [0, 0.05) is 12.0 Å². The van der Waals surface area contributed by atoms with Crippen molar-refractivity contribution in [2.24, 2.45) is 5.92 Å². The van der Waals surface area contributed by atoms with E-state index in [0.717, 1.165) is 23.2 Å². The van der Waals surface area contributed by atoms with E-state index in [2.05, 4.69) is 17.5 Å². The van der Waals surface area contributed by atoms with Crippen LogP contribution in [0.3, 0.4) is 0 Å². The SMILES string of the molecule is COc1cc([N+](=O)[O-])cc2c1N[C@H](c1ccc(Cl)c(Cl)c1)[C@H]1CC=C[C@H]21. The number of hydrogen-bond donors (Lipinski definition) is 1. The highest BCUT2D eigenvalue weighted by Crippen LogP contribution is 2.53. The fourth-order valence-electron chi connectivity index (χ4n) is 3.95. The molecular formula is C19H16Cl2N2O3. The highest BCUT2D eigenvalue weighted by molar-refractivity contribution is 6.42. The fraction of sp³-hybridized carbons (Fsp3) is 0.263. The standard InChI is InChI=1S/C19H16Cl2N2O3/c1-26-17-9-11(23(24)25)8-14-12-3-2-4-13(12)18(22-19(14)17)10-5-6-15(20)16(21)7-10/h2-3,5-9,12-13,18,22H,4H2,1H3/t12-,13-,18+/m0/s1. The Hall–Kier alpha value is -2.24. The summed E-state index contributed by atoms with van der Waals surface area (Å²) in [5.41, 5.74) is 2.76. The van der Waals surface area contributed by atoms with E-state index in [1.807, 2.05) is 12.1 Å². The minimum atomic E-state index is -0.387. The van der Waals surface area contributed by atoms with E-state index < -0.39 is 0 Å². The molecule has 26 heavy (non-hydrogen) atoms. The molecule has 2 aromatic carbocycles. The largest absolute Gasteiger partial charge is 0.494 e. The van der Waals surface area contributed by atoms with E-state index in [4.69, 9.17) is 27.9 Å². The van der Waals surface area contributed by atoms with Crippen molar-refractivity contribution in [3.8, 4) is 5.75 Å². The lowest BCUT2D eigenvalue weighted by molar-refractivity contribution is -0.385. The number of hydrogen-bond acceptors (Lipinski definition) is 4. The van der Waals surface area contributed by atoms with Crippen molar-refractivity contribution in [1.82, 2.24) is 0 Å². The minimum Gasteiger partial charge on any atom is -0.494 e. The van der Waals surface area contributed by atoms with Gasteiger partial charge < -0.3 is 10.1 Å². The van der Waals surface area contributed by atoms with Crippen LogP contribution in [0.25, 0.3) is 0 Å². The highest BCUT2D eigenvalue weighted by atomic mass is 35.5. The normalized spacial score (nSPS) is 23.1. The predicted octanol–water partition coefficient (Wildman–Crippen LogP) is 5.74. The smallest absolute Gasteiger partial charge is 0.273 e. The third-order valence-corrected chi connectivity index (χ3v) is 5.89. The Morgan fingerprint density at radius 1 is 1.23 bits per heavy atom. The molecule has 0 saturated carbocycles. The van der Waals surface area contributed by atoms with Gasteiger partial charge in [-0.3, -0.25) is 10.1 Å². The molecule has 0 amide bonds. The quantitative estimate of drug-likeness (QED) is 0.412. The Balaban J connectivity index is 1.84. The van der Waals surface area contributed by atoms with E-state index in [0.29, 0.717) is 15.8 Å². The number of anilines is 1. The number of halogens is 2. The van der Waals surface area contributed by atoms with Gasteiger partial charge in [-0.05, 0) is 35.6 Å². The van der Waals surface area contributed by atoms with Crippen LogP contribution in [0.1, 0.15) is 29.5 Å². The number of nitro groups is 1. The predicted molar refractivity (Wildman–Crippen MR) is 102 cm³/mol. The lowest BCUT2D eigenvalue weighted by Crippen LogP contribution is -2.29. The Morgan fingerprint density at radius 3 is 2.73 bits per heavy atom. The number of nitrogens with one attached hydrogen (secondary N) is 1. The maximum absolute atomic E-state index is 11.3. The van der Waals surface area contributed by atoms with Crippen molar-refractivity contribution in [2.45, 2.75) is 18.4 Å². The molecule has 0 saturated heterocycles. The van der Waals surface area contributed by atoms with Crippen LogP contribution in [0.15, 0.2) is 42.5 Å². The Labute approximate surface area is 160 Å². The topological polar surface area (TPSA) is 64.4 Å². The van der Waals surface area contributed by atoms with Crippen LogP contribution in [0, 0.1) is 16.0 Å². The summed E-state index contributed by atoms with van der Waals surface area (Å²) in [6, 6.07) is 8.73. The van der Waals surface area contributed by atoms with Crippen LogP contribution >= 0.6 is 23.2 Å². The summed E-state index contributed by atoms with van der Waals surface area (Å²) in [6.45, 7) is 0. The summed E-state index contributed by atoms with van der Waals surface area (Å²) in [7, 11) is 1.52. The fourth-order valence-corrected chi connectivity index (χ4v) is 4.26. The number of allylic oxidation sites excluding steroid dienone is 2. The first-order valence-electron chi connectivity index (χ1n) is 8.24. The van der Waals surface area contributed by atoms with E-state index >= 15 is 0 Å². The molecule has 2 aliphatic rings. The molecule has 1 N–H and O–H groups in total. The van der Waals surface area contributed by atoms with Gasteiger partial charge in [0.05, 0.1) is 39.9 Å². The third-order valence-electron chi connectivity index (χ3n) is 5.15. The number of ether oxygens (including phenoxy) is 1. The van der Waals surface area contributed by atoms with Crippen LogP contribution in [0.4, 0.5) is 11.4 Å². The number of non-ortho nitro benzene ring substituents is 1. The van der Waals surface area contributed by atoms with E-state index in [1.54, 1.807) is 12.1 Å². The lowest BCUT2D eigenvalue weighted by Gasteiger charge is -2.38. The molecule has 0 bridgehead atoms. The number of nitro benzene ring substituents is 1. The van der Waals surface area contributed by atoms with Gasteiger partial charge in [-0.15, -0.1) is 0 Å². The second-order valence-corrected chi connectivity index (χ2v) is 7.33. The molecule has 3 atom stereocenters. The molecule has 4 rings (SSSR count). The van der Waals surface area contributed by atoms with E-state index in [1.165, 1.54) is 13.2 Å². The number of benzene rings is 2. The molecule has 0 fully saturated rings. The van der Waals surface area contributed by atoms with Crippen LogP contribution < -0.4 is 10.1 Å².